The quantitative estimate of drug-likeness (QED) is 0.529. The summed E-state index contributed by atoms with van der Waals surface area (Å²) in [5.74, 6) is 0. The molecule has 1 aromatic carbocycles. The van der Waals surface area contributed by atoms with Gasteiger partial charge < -0.3 is 4.84 Å². The molecule has 0 radical (unpaired) electrons. The predicted octanol–water partition coefficient (Wildman–Crippen LogP) is 2.98. The normalized spacial score (nSPS) is 17.7. The molecule has 0 aromatic heterocycles. The Bertz CT molecular complexity index is 288. The zero-order valence-electron chi connectivity index (χ0n) is 8.23. The van der Waals surface area contributed by atoms with Crippen LogP contribution in [0.4, 0.5) is 0 Å². The van der Waals surface area contributed by atoms with E-state index in [2.05, 4.69) is 5.16 Å². The van der Waals surface area contributed by atoms with Gasteiger partial charge in [-0.15, -0.1) is 0 Å². The van der Waals surface area contributed by atoms with Crippen LogP contribution in [0.1, 0.15) is 31.2 Å². The lowest BCUT2D eigenvalue weighted by atomic mass is 10.2. The number of oxime groups is 1. The Kier molecular flexibility index (Phi) is 3.17. The summed E-state index contributed by atoms with van der Waals surface area (Å²) >= 11 is 0. The van der Waals surface area contributed by atoms with Crippen LogP contribution >= 0.6 is 0 Å². The summed E-state index contributed by atoms with van der Waals surface area (Å²) in [5.41, 5.74) is 1.09. The summed E-state index contributed by atoms with van der Waals surface area (Å²) in [6.45, 7) is 0. The molecule has 0 saturated heterocycles. The van der Waals surface area contributed by atoms with E-state index in [9.17, 15) is 0 Å². The second kappa shape index (κ2) is 4.80. The van der Waals surface area contributed by atoms with Crippen LogP contribution in [0.5, 0.6) is 0 Å². The largest absolute Gasteiger partial charge is 0.393 e. The predicted molar refractivity (Wildman–Crippen MR) is 57.4 cm³/mol. The van der Waals surface area contributed by atoms with Crippen molar-refractivity contribution in [1.29, 1.82) is 0 Å². The highest BCUT2D eigenvalue weighted by Gasteiger charge is 2.15. The molecule has 2 nitrogen and oxygen atoms in total. The Morgan fingerprint density at radius 1 is 1.14 bits per heavy atom. The Balaban J connectivity index is 1.82. The molecule has 0 heterocycles. The summed E-state index contributed by atoms with van der Waals surface area (Å²) in [7, 11) is 0. The van der Waals surface area contributed by atoms with Crippen LogP contribution < -0.4 is 0 Å². The molecule has 1 fully saturated rings. The molecule has 0 unspecified atom stereocenters. The lowest BCUT2D eigenvalue weighted by molar-refractivity contribution is 0.0657. The van der Waals surface area contributed by atoms with Crippen molar-refractivity contribution in [2.45, 2.75) is 31.8 Å². The van der Waals surface area contributed by atoms with E-state index < -0.39 is 0 Å². The van der Waals surface area contributed by atoms with E-state index in [0.29, 0.717) is 6.10 Å². The van der Waals surface area contributed by atoms with Crippen LogP contribution in [0.25, 0.3) is 0 Å². The number of hydrogen-bond acceptors (Lipinski definition) is 2. The van der Waals surface area contributed by atoms with Gasteiger partial charge in [0, 0.05) is 0 Å². The van der Waals surface area contributed by atoms with Crippen molar-refractivity contribution in [2.24, 2.45) is 5.16 Å². The zero-order valence-corrected chi connectivity index (χ0v) is 8.23. The van der Waals surface area contributed by atoms with E-state index in [1.54, 1.807) is 6.21 Å². The van der Waals surface area contributed by atoms with Crippen LogP contribution in [-0.2, 0) is 4.84 Å². The zero-order chi connectivity index (χ0) is 9.64. The van der Waals surface area contributed by atoms with Gasteiger partial charge in [0.05, 0.1) is 6.21 Å². The average molecular weight is 189 g/mol. The first kappa shape index (κ1) is 9.25. The third-order valence-electron chi connectivity index (χ3n) is 2.51. The Morgan fingerprint density at radius 3 is 2.57 bits per heavy atom. The summed E-state index contributed by atoms with van der Waals surface area (Å²) in [5, 5.41) is 4.00. The maximum atomic E-state index is 5.38. The molecule has 2 heteroatoms. The molecule has 0 bridgehead atoms. The minimum Gasteiger partial charge on any atom is -0.393 e. The van der Waals surface area contributed by atoms with Crippen LogP contribution in [-0.4, -0.2) is 12.3 Å². The molecule has 74 valence electrons. The summed E-state index contributed by atoms with van der Waals surface area (Å²) in [6.07, 6.45) is 7.02. The minimum atomic E-state index is 0.356. The SMILES string of the molecule is C(=NOC1CCCC1)c1ccccc1. The molecule has 0 amide bonds. The first-order valence-corrected chi connectivity index (χ1v) is 5.19. The van der Waals surface area contributed by atoms with Crippen molar-refractivity contribution >= 4 is 6.21 Å². The fourth-order valence-electron chi connectivity index (χ4n) is 1.71. The molecule has 1 aliphatic rings. The molecular formula is C12H15NO. The fourth-order valence-corrected chi connectivity index (χ4v) is 1.71. The fraction of sp³-hybridized carbons (Fsp3) is 0.417. The van der Waals surface area contributed by atoms with Gasteiger partial charge >= 0.3 is 0 Å². The molecule has 2 rings (SSSR count). The van der Waals surface area contributed by atoms with Gasteiger partial charge in [0.15, 0.2) is 0 Å². The van der Waals surface area contributed by atoms with Crippen molar-refractivity contribution in [3.05, 3.63) is 35.9 Å². The number of benzene rings is 1. The van der Waals surface area contributed by atoms with Gasteiger partial charge in [-0.25, -0.2) is 0 Å². The van der Waals surface area contributed by atoms with Crippen LogP contribution in [0, 0.1) is 0 Å². The van der Waals surface area contributed by atoms with Crippen molar-refractivity contribution in [3.8, 4) is 0 Å². The Morgan fingerprint density at radius 2 is 1.86 bits per heavy atom. The Labute approximate surface area is 84.6 Å². The lowest BCUT2D eigenvalue weighted by Crippen LogP contribution is -2.02. The van der Waals surface area contributed by atoms with Gasteiger partial charge in [0.1, 0.15) is 6.10 Å². The van der Waals surface area contributed by atoms with E-state index in [1.165, 1.54) is 12.8 Å². The summed E-state index contributed by atoms with van der Waals surface area (Å²) in [6, 6.07) is 10.0. The molecule has 1 aliphatic carbocycles. The number of hydrogen-bond donors (Lipinski definition) is 0. The first-order chi connectivity index (χ1) is 6.95. The smallest absolute Gasteiger partial charge is 0.127 e. The molecule has 1 saturated carbocycles. The first-order valence-electron chi connectivity index (χ1n) is 5.19. The maximum Gasteiger partial charge on any atom is 0.127 e. The monoisotopic (exact) mass is 189 g/mol. The van der Waals surface area contributed by atoms with Crippen molar-refractivity contribution in [2.75, 3.05) is 0 Å². The van der Waals surface area contributed by atoms with E-state index in [1.807, 2.05) is 30.3 Å². The molecule has 1 aromatic rings. The lowest BCUT2D eigenvalue weighted by Gasteiger charge is -2.04. The van der Waals surface area contributed by atoms with Gasteiger partial charge in [-0.3, -0.25) is 0 Å². The van der Waals surface area contributed by atoms with Gasteiger partial charge in [-0.2, -0.15) is 0 Å². The topological polar surface area (TPSA) is 21.6 Å². The molecule has 0 spiro atoms. The number of rotatable bonds is 3. The van der Waals surface area contributed by atoms with Crippen LogP contribution in [0.3, 0.4) is 0 Å². The second-order valence-electron chi connectivity index (χ2n) is 3.66. The van der Waals surface area contributed by atoms with E-state index >= 15 is 0 Å². The highest BCUT2D eigenvalue weighted by Crippen LogP contribution is 2.20. The minimum absolute atomic E-state index is 0.356. The van der Waals surface area contributed by atoms with Gasteiger partial charge in [0.2, 0.25) is 0 Å². The van der Waals surface area contributed by atoms with Crippen molar-refractivity contribution in [3.63, 3.8) is 0 Å². The third kappa shape index (κ3) is 2.59. The standard InChI is InChI=1S/C12H15NO/c1-2-6-11(7-3-1)10-13-14-12-8-4-5-9-12/h1-3,6-7,10,12H,4-5,8-9H2. The van der Waals surface area contributed by atoms with E-state index in [-0.39, 0.29) is 0 Å². The van der Waals surface area contributed by atoms with Crippen molar-refractivity contribution in [1.82, 2.24) is 0 Å². The van der Waals surface area contributed by atoms with Gasteiger partial charge in [-0.05, 0) is 31.2 Å². The van der Waals surface area contributed by atoms with Crippen LogP contribution in [0.15, 0.2) is 35.5 Å². The van der Waals surface area contributed by atoms with Crippen LogP contribution in [0.2, 0.25) is 0 Å². The van der Waals surface area contributed by atoms with Gasteiger partial charge in [0.25, 0.3) is 0 Å². The molecule has 0 N–H and O–H groups in total. The molecule has 0 aliphatic heterocycles. The molecule has 0 atom stereocenters. The molecule has 14 heavy (non-hydrogen) atoms. The molecular weight excluding hydrogens is 174 g/mol. The Hall–Kier alpha value is -1.31. The third-order valence-corrected chi connectivity index (χ3v) is 2.51. The van der Waals surface area contributed by atoms with Gasteiger partial charge in [-0.1, -0.05) is 35.5 Å². The average Bonchev–Trinajstić information content (AvgIpc) is 2.72. The number of nitrogens with zero attached hydrogens (tertiary/aromatic N) is 1. The summed E-state index contributed by atoms with van der Waals surface area (Å²) in [4.78, 5) is 5.38. The van der Waals surface area contributed by atoms with Crippen molar-refractivity contribution < 1.29 is 4.84 Å². The highest BCUT2D eigenvalue weighted by molar-refractivity contribution is 5.78. The van der Waals surface area contributed by atoms with E-state index in [0.717, 1.165) is 18.4 Å². The second-order valence-corrected chi connectivity index (χ2v) is 3.66. The summed E-state index contributed by atoms with van der Waals surface area (Å²) < 4.78 is 0. The highest BCUT2D eigenvalue weighted by atomic mass is 16.6. The van der Waals surface area contributed by atoms with E-state index in [4.69, 9.17) is 4.84 Å². The maximum absolute atomic E-state index is 5.38.